The minimum absolute atomic E-state index is 0.660. The minimum atomic E-state index is 0.660. The number of carbonyl (C=O) groups is 1. The summed E-state index contributed by atoms with van der Waals surface area (Å²) < 4.78 is 0. The fraction of sp³-hybridized carbons (Fsp3) is 0.562. The van der Waals surface area contributed by atoms with E-state index in [9.17, 15) is 4.79 Å². The third kappa shape index (κ3) is 2.92. The molecule has 2 rings (SSSR count). The molecule has 0 spiro atoms. The lowest BCUT2D eigenvalue weighted by atomic mass is 10.0. The van der Waals surface area contributed by atoms with E-state index in [4.69, 9.17) is 0 Å². The van der Waals surface area contributed by atoms with Crippen LogP contribution >= 0.6 is 0 Å². The number of nitrogens with zero attached hydrogens (tertiary/aromatic N) is 1. The second-order valence-corrected chi connectivity index (χ2v) is 5.42. The van der Waals surface area contributed by atoms with E-state index in [1.54, 1.807) is 0 Å². The normalized spacial score (nSPS) is 17.2. The molecule has 2 nitrogen and oxygen atoms in total. The highest BCUT2D eigenvalue weighted by molar-refractivity contribution is 5.77. The summed E-state index contributed by atoms with van der Waals surface area (Å²) in [5, 5.41) is 0. The minimum Gasteiger partial charge on any atom is -0.371 e. The molecule has 98 valence electrons. The molecule has 0 aliphatic heterocycles. The Bertz CT molecular complexity index is 406. The van der Waals surface area contributed by atoms with Crippen molar-refractivity contribution in [1.82, 2.24) is 0 Å². The predicted octanol–water partition coefficient (Wildman–Crippen LogP) is 3.97. The largest absolute Gasteiger partial charge is 0.371 e. The van der Waals surface area contributed by atoms with Crippen molar-refractivity contribution in [2.75, 3.05) is 11.9 Å². The Hall–Kier alpha value is -1.31. The van der Waals surface area contributed by atoms with Gasteiger partial charge in [0.2, 0.25) is 0 Å². The molecule has 0 N–H and O–H groups in total. The van der Waals surface area contributed by atoms with Crippen molar-refractivity contribution >= 4 is 12.0 Å². The SMILES string of the molecule is Cc1cc(C=O)ccc1N(C)C1CCCCCC1. The third-order valence-electron chi connectivity index (χ3n) is 4.11. The zero-order chi connectivity index (χ0) is 13.0. The first kappa shape index (κ1) is 13.1. The molecule has 0 bridgehead atoms. The summed E-state index contributed by atoms with van der Waals surface area (Å²) in [5.74, 6) is 0. The number of rotatable bonds is 3. The topological polar surface area (TPSA) is 20.3 Å². The second kappa shape index (κ2) is 6.03. The van der Waals surface area contributed by atoms with Crippen LogP contribution in [0.2, 0.25) is 0 Å². The molecule has 0 aromatic heterocycles. The number of benzene rings is 1. The quantitative estimate of drug-likeness (QED) is 0.593. The van der Waals surface area contributed by atoms with Crippen LogP contribution < -0.4 is 4.90 Å². The van der Waals surface area contributed by atoms with Gasteiger partial charge < -0.3 is 4.90 Å². The third-order valence-corrected chi connectivity index (χ3v) is 4.11. The zero-order valence-corrected chi connectivity index (χ0v) is 11.5. The van der Waals surface area contributed by atoms with Crippen molar-refractivity contribution in [3.05, 3.63) is 29.3 Å². The first-order valence-electron chi connectivity index (χ1n) is 7.01. The summed E-state index contributed by atoms with van der Waals surface area (Å²) in [6, 6.07) is 6.65. The van der Waals surface area contributed by atoms with Crippen LogP contribution in [0.25, 0.3) is 0 Å². The van der Waals surface area contributed by atoms with Gasteiger partial charge in [0.1, 0.15) is 6.29 Å². The fourth-order valence-electron chi connectivity index (χ4n) is 2.99. The summed E-state index contributed by atoms with van der Waals surface area (Å²) in [6.45, 7) is 2.09. The molecule has 0 heterocycles. The van der Waals surface area contributed by atoms with E-state index in [1.807, 2.05) is 12.1 Å². The van der Waals surface area contributed by atoms with Crippen LogP contribution in [0.3, 0.4) is 0 Å². The fourth-order valence-corrected chi connectivity index (χ4v) is 2.99. The molecule has 0 unspecified atom stereocenters. The maximum absolute atomic E-state index is 10.8. The van der Waals surface area contributed by atoms with E-state index in [2.05, 4.69) is 24.9 Å². The van der Waals surface area contributed by atoms with Gasteiger partial charge in [-0.3, -0.25) is 4.79 Å². The molecule has 1 aliphatic carbocycles. The molecule has 1 saturated carbocycles. The summed E-state index contributed by atoms with van der Waals surface area (Å²) in [5.41, 5.74) is 3.24. The highest BCUT2D eigenvalue weighted by atomic mass is 16.1. The molecule has 2 heteroatoms. The highest BCUT2D eigenvalue weighted by Gasteiger charge is 2.18. The van der Waals surface area contributed by atoms with Crippen molar-refractivity contribution in [1.29, 1.82) is 0 Å². The zero-order valence-electron chi connectivity index (χ0n) is 11.5. The van der Waals surface area contributed by atoms with Gasteiger partial charge in [-0.2, -0.15) is 0 Å². The molecule has 1 aromatic carbocycles. The van der Waals surface area contributed by atoms with E-state index in [0.29, 0.717) is 6.04 Å². The molecule has 1 aliphatic rings. The smallest absolute Gasteiger partial charge is 0.150 e. The van der Waals surface area contributed by atoms with Crippen LogP contribution in [-0.4, -0.2) is 19.4 Å². The van der Waals surface area contributed by atoms with Crippen molar-refractivity contribution in [2.24, 2.45) is 0 Å². The molecule has 0 radical (unpaired) electrons. The Kier molecular flexibility index (Phi) is 4.40. The van der Waals surface area contributed by atoms with Crippen LogP contribution in [0.1, 0.15) is 54.4 Å². The van der Waals surface area contributed by atoms with Gasteiger partial charge in [0.15, 0.2) is 0 Å². The second-order valence-electron chi connectivity index (χ2n) is 5.42. The summed E-state index contributed by atoms with van der Waals surface area (Å²) in [6.07, 6.45) is 8.97. The Morgan fingerprint density at radius 2 is 1.83 bits per heavy atom. The predicted molar refractivity (Wildman–Crippen MR) is 76.5 cm³/mol. The molecular weight excluding hydrogens is 222 g/mol. The van der Waals surface area contributed by atoms with Crippen molar-refractivity contribution in [3.63, 3.8) is 0 Å². The number of hydrogen-bond donors (Lipinski definition) is 0. The lowest BCUT2D eigenvalue weighted by Crippen LogP contribution is -2.31. The van der Waals surface area contributed by atoms with Gasteiger partial charge in [-0.25, -0.2) is 0 Å². The van der Waals surface area contributed by atoms with Gasteiger partial charge in [0.25, 0.3) is 0 Å². The Labute approximate surface area is 110 Å². The maximum atomic E-state index is 10.8. The number of hydrogen-bond acceptors (Lipinski definition) is 2. The average Bonchev–Trinajstić information content (AvgIpc) is 2.66. The number of anilines is 1. The van der Waals surface area contributed by atoms with Gasteiger partial charge in [-0.15, -0.1) is 0 Å². The van der Waals surface area contributed by atoms with E-state index in [-0.39, 0.29) is 0 Å². The van der Waals surface area contributed by atoms with Crippen LogP contribution in [0.5, 0.6) is 0 Å². The molecule has 0 saturated heterocycles. The first-order valence-corrected chi connectivity index (χ1v) is 7.01. The lowest BCUT2D eigenvalue weighted by Gasteiger charge is -2.30. The van der Waals surface area contributed by atoms with Gasteiger partial charge in [0, 0.05) is 24.3 Å². The molecular formula is C16H23NO. The lowest BCUT2D eigenvalue weighted by molar-refractivity contribution is 0.112. The molecule has 0 atom stereocenters. The van der Waals surface area contributed by atoms with Gasteiger partial charge >= 0.3 is 0 Å². The van der Waals surface area contributed by atoms with E-state index in [0.717, 1.165) is 11.8 Å². The van der Waals surface area contributed by atoms with Crippen LogP contribution in [0, 0.1) is 6.92 Å². The Morgan fingerprint density at radius 3 is 2.39 bits per heavy atom. The summed E-state index contributed by atoms with van der Waals surface area (Å²) >= 11 is 0. The number of carbonyl (C=O) groups excluding carboxylic acids is 1. The Balaban J connectivity index is 2.16. The van der Waals surface area contributed by atoms with Gasteiger partial charge in [-0.05, 0) is 43.5 Å². The van der Waals surface area contributed by atoms with Crippen LogP contribution in [0.4, 0.5) is 5.69 Å². The van der Waals surface area contributed by atoms with Gasteiger partial charge in [-0.1, -0.05) is 25.7 Å². The van der Waals surface area contributed by atoms with Crippen molar-refractivity contribution in [2.45, 2.75) is 51.5 Å². The van der Waals surface area contributed by atoms with Crippen molar-refractivity contribution in [3.8, 4) is 0 Å². The molecule has 0 amide bonds. The van der Waals surface area contributed by atoms with E-state index >= 15 is 0 Å². The van der Waals surface area contributed by atoms with Crippen molar-refractivity contribution < 1.29 is 4.79 Å². The summed E-state index contributed by atoms with van der Waals surface area (Å²) in [7, 11) is 2.19. The maximum Gasteiger partial charge on any atom is 0.150 e. The number of aryl methyl sites for hydroxylation is 1. The molecule has 1 fully saturated rings. The standard InChI is InChI=1S/C16H23NO/c1-13-11-14(12-18)9-10-16(13)17(2)15-7-5-3-4-6-8-15/h9-12,15H,3-8H2,1-2H3. The first-order chi connectivity index (χ1) is 8.72. The molecule has 18 heavy (non-hydrogen) atoms. The van der Waals surface area contributed by atoms with Crippen LogP contribution in [0.15, 0.2) is 18.2 Å². The number of aldehydes is 1. The monoisotopic (exact) mass is 245 g/mol. The summed E-state index contributed by atoms with van der Waals surface area (Å²) in [4.78, 5) is 13.2. The Morgan fingerprint density at radius 1 is 1.17 bits per heavy atom. The van der Waals surface area contributed by atoms with E-state index < -0.39 is 0 Å². The van der Waals surface area contributed by atoms with E-state index in [1.165, 1.54) is 49.8 Å². The molecule has 1 aromatic rings. The highest BCUT2D eigenvalue weighted by Crippen LogP contribution is 2.27. The average molecular weight is 245 g/mol. The van der Waals surface area contributed by atoms with Gasteiger partial charge in [0.05, 0.1) is 0 Å². The van der Waals surface area contributed by atoms with Crippen LogP contribution in [-0.2, 0) is 0 Å².